The quantitative estimate of drug-likeness (QED) is 0.639. The van der Waals surface area contributed by atoms with Crippen molar-refractivity contribution in [2.24, 2.45) is 0 Å². The molecule has 12 heavy (non-hydrogen) atoms. The van der Waals surface area contributed by atoms with Crippen LogP contribution in [0.1, 0.15) is 12.5 Å². The van der Waals surface area contributed by atoms with Crippen LogP contribution in [0.5, 0.6) is 5.75 Å². The Kier molecular flexibility index (Phi) is 2.49. The maximum Gasteiger partial charge on any atom is 0.115 e. The molecule has 60 valence electrons. The smallest absolute Gasteiger partial charge is 0.115 e. The Bertz CT molecular complexity index is 330. The van der Waals surface area contributed by atoms with Crippen molar-refractivity contribution in [2.75, 3.05) is 0 Å². The minimum atomic E-state index is 0.238. The van der Waals surface area contributed by atoms with E-state index in [1.165, 1.54) is 0 Å². The number of allylic oxidation sites excluding steroid dienone is 1. The summed E-state index contributed by atoms with van der Waals surface area (Å²) in [5, 5.41) is 17.4. The Morgan fingerprint density at radius 3 is 2.50 bits per heavy atom. The molecule has 0 aliphatic carbocycles. The van der Waals surface area contributed by atoms with Crippen LogP contribution in [0.25, 0.3) is 6.08 Å². The maximum absolute atomic E-state index is 8.96. The fourth-order valence-electron chi connectivity index (χ4n) is 0.853. The van der Waals surface area contributed by atoms with Gasteiger partial charge in [0.1, 0.15) is 5.75 Å². The van der Waals surface area contributed by atoms with Crippen molar-refractivity contribution in [2.45, 2.75) is 6.92 Å². The van der Waals surface area contributed by atoms with Crippen LogP contribution in [0.4, 0.5) is 0 Å². The van der Waals surface area contributed by atoms with Gasteiger partial charge in [-0.05, 0) is 30.7 Å². The zero-order chi connectivity index (χ0) is 8.97. The summed E-state index contributed by atoms with van der Waals surface area (Å²) in [6.45, 7) is 1.74. The van der Waals surface area contributed by atoms with E-state index in [1.807, 2.05) is 6.07 Å². The molecule has 0 aromatic heterocycles. The van der Waals surface area contributed by atoms with Gasteiger partial charge in [-0.15, -0.1) is 0 Å². The molecule has 0 radical (unpaired) electrons. The highest BCUT2D eigenvalue weighted by Gasteiger charge is 1.89. The van der Waals surface area contributed by atoms with E-state index in [2.05, 4.69) is 0 Å². The second kappa shape index (κ2) is 3.59. The van der Waals surface area contributed by atoms with Gasteiger partial charge in [-0.25, -0.2) is 0 Å². The highest BCUT2D eigenvalue weighted by Crippen LogP contribution is 2.12. The van der Waals surface area contributed by atoms with Gasteiger partial charge in [0.15, 0.2) is 0 Å². The van der Waals surface area contributed by atoms with Gasteiger partial charge in [-0.1, -0.05) is 12.1 Å². The zero-order valence-corrected chi connectivity index (χ0v) is 6.78. The molecule has 0 spiro atoms. The lowest BCUT2D eigenvalue weighted by Gasteiger charge is -1.93. The van der Waals surface area contributed by atoms with Crippen LogP contribution in [0, 0.1) is 11.3 Å². The molecule has 1 aromatic carbocycles. The Balaban J connectivity index is 2.93. The molecule has 1 aromatic rings. The molecule has 0 aliphatic rings. The van der Waals surface area contributed by atoms with E-state index in [1.54, 1.807) is 37.3 Å². The van der Waals surface area contributed by atoms with Gasteiger partial charge in [0.05, 0.1) is 6.07 Å². The lowest BCUT2D eigenvalue weighted by Crippen LogP contribution is -1.72. The second-order valence-corrected chi connectivity index (χ2v) is 2.53. The Hall–Kier alpha value is -1.75. The van der Waals surface area contributed by atoms with Crippen LogP contribution < -0.4 is 0 Å². The summed E-state index contributed by atoms with van der Waals surface area (Å²) < 4.78 is 0. The number of phenols is 1. The molecule has 0 saturated heterocycles. The molecule has 0 unspecified atom stereocenters. The molecule has 0 heterocycles. The molecule has 0 saturated carbocycles. The van der Waals surface area contributed by atoms with E-state index in [9.17, 15) is 0 Å². The molecule has 0 bridgehead atoms. The van der Waals surface area contributed by atoms with Crippen LogP contribution in [-0.4, -0.2) is 5.11 Å². The first-order valence-corrected chi connectivity index (χ1v) is 3.60. The first kappa shape index (κ1) is 8.35. The summed E-state index contributed by atoms with van der Waals surface area (Å²) in [7, 11) is 0. The third-order valence-electron chi connectivity index (χ3n) is 1.45. The van der Waals surface area contributed by atoms with E-state index in [-0.39, 0.29) is 5.75 Å². The third-order valence-corrected chi connectivity index (χ3v) is 1.45. The summed E-state index contributed by atoms with van der Waals surface area (Å²) in [5.74, 6) is 0.238. The monoisotopic (exact) mass is 159 g/mol. The summed E-state index contributed by atoms with van der Waals surface area (Å²) >= 11 is 0. The highest BCUT2D eigenvalue weighted by molar-refractivity contribution is 5.56. The summed E-state index contributed by atoms with van der Waals surface area (Å²) in [4.78, 5) is 0. The molecule has 2 heteroatoms. The van der Waals surface area contributed by atoms with Crippen molar-refractivity contribution < 1.29 is 5.11 Å². The number of rotatable bonds is 1. The third kappa shape index (κ3) is 2.14. The van der Waals surface area contributed by atoms with Crippen molar-refractivity contribution in [1.29, 1.82) is 5.26 Å². The predicted octanol–water partition coefficient (Wildman–Crippen LogP) is 2.32. The molecular weight excluding hydrogens is 150 g/mol. The van der Waals surface area contributed by atoms with Gasteiger partial charge in [-0.3, -0.25) is 0 Å². The molecule has 1 N–H and O–H groups in total. The molecule has 2 nitrogen and oxygen atoms in total. The summed E-state index contributed by atoms with van der Waals surface area (Å²) in [5.41, 5.74) is 1.58. The van der Waals surface area contributed by atoms with Gasteiger partial charge < -0.3 is 5.11 Å². The first-order valence-electron chi connectivity index (χ1n) is 3.60. The average Bonchev–Trinajstić information content (AvgIpc) is 2.09. The zero-order valence-electron chi connectivity index (χ0n) is 6.78. The SMILES string of the molecule is C/C(C#N)=C\c1ccc(O)cc1. The largest absolute Gasteiger partial charge is 0.508 e. The van der Waals surface area contributed by atoms with Gasteiger partial charge >= 0.3 is 0 Å². The van der Waals surface area contributed by atoms with Crippen LogP contribution in [0.3, 0.4) is 0 Å². The standard InChI is InChI=1S/C10H9NO/c1-8(7-11)6-9-2-4-10(12)5-3-9/h2-6,12H,1H3/b8-6+. The number of hydrogen-bond acceptors (Lipinski definition) is 2. The fraction of sp³-hybridized carbons (Fsp3) is 0.100. The molecule has 0 atom stereocenters. The number of nitriles is 1. The minimum Gasteiger partial charge on any atom is -0.508 e. The highest BCUT2D eigenvalue weighted by atomic mass is 16.3. The molecule has 1 rings (SSSR count). The Labute approximate surface area is 71.4 Å². The maximum atomic E-state index is 8.96. The normalized spacial score (nSPS) is 10.8. The molecule has 0 amide bonds. The van der Waals surface area contributed by atoms with Crippen molar-refractivity contribution in [3.8, 4) is 11.8 Å². The topological polar surface area (TPSA) is 44.0 Å². The number of phenolic OH excluding ortho intramolecular Hbond substituents is 1. The van der Waals surface area contributed by atoms with Gasteiger partial charge in [0, 0.05) is 5.57 Å². The van der Waals surface area contributed by atoms with Gasteiger partial charge in [-0.2, -0.15) is 5.26 Å². The van der Waals surface area contributed by atoms with Crippen LogP contribution in [-0.2, 0) is 0 Å². The van der Waals surface area contributed by atoms with Crippen LogP contribution >= 0.6 is 0 Å². The molecular formula is C10H9NO. The lowest BCUT2D eigenvalue weighted by atomic mass is 10.1. The van der Waals surface area contributed by atoms with E-state index in [0.29, 0.717) is 5.57 Å². The van der Waals surface area contributed by atoms with E-state index < -0.39 is 0 Å². The minimum absolute atomic E-state index is 0.238. The lowest BCUT2D eigenvalue weighted by molar-refractivity contribution is 0.475. The molecule has 0 fully saturated rings. The Morgan fingerprint density at radius 2 is 2.00 bits per heavy atom. The Morgan fingerprint density at radius 1 is 1.42 bits per heavy atom. The number of aromatic hydroxyl groups is 1. The van der Waals surface area contributed by atoms with Gasteiger partial charge in [0.2, 0.25) is 0 Å². The van der Waals surface area contributed by atoms with Crippen LogP contribution in [0.2, 0.25) is 0 Å². The van der Waals surface area contributed by atoms with E-state index >= 15 is 0 Å². The predicted molar refractivity (Wildman–Crippen MR) is 47.4 cm³/mol. The van der Waals surface area contributed by atoms with Crippen LogP contribution in [0.15, 0.2) is 29.8 Å². The second-order valence-electron chi connectivity index (χ2n) is 2.53. The molecule has 0 aliphatic heterocycles. The fourth-order valence-corrected chi connectivity index (χ4v) is 0.853. The van der Waals surface area contributed by atoms with Crippen molar-refractivity contribution in [3.63, 3.8) is 0 Å². The van der Waals surface area contributed by atoms with E-state index in [0.717, 1.165) is 5.56 Å². The summed E-state index contributed by atoms with van der Waals surface area (Å²) in [6, 6.07) is 8.73. The average molecular weight is 159 g/mol. The number of hydrogen-bond donors (Lipinski definition) is 1. The summed E-state index contributed by atoms with van der Waals surface area (Å²) in [6.07, 6.45) is 1.76. The number of nitrogens with zero attached hydrogens (tertiary/aromatic N) is 1. The van der Waals surface area contributed by atoms with Crippen molar-refractivity contribution >= 4 is 6.08 Å². The van der Waals surface area contributed by atoms with Gasteiger partial charge in [0.25, 0.3) is 0 Å². The van der Waals surface area contributed by atoms with E-state index in [4.69, 9.17) is 10.4 Å². The van der Waals surface area contributed by atoms with Crippen molar-refractivity contribution in [1.82, 2.24) is 0 Å². The first-order chi connectivity index (χ1) is 5.72. The number of benzene rings is 1. The van der Waals surface area contributed by atoms with Crippen molar-refractivity contribution in [3.05, 3.63) is 35.4 Å².